The van der Waals surface area contributed by atoms with Gasteiger partial charge < -0.3 is 14.8 Å². The predicted octanol–water partition coefficient (Wildman–Crippen LogP) is 3.79. The van der Waals surface area contributed by atoms with E-state index in [9.17, 15) is 4.79 Å². The van der Waals surface area contributed by atoms with Crippen LogP contribution in [0.5, 0.6) is 0 Å². The van der Waals surface area contributed by atoms with Gasteiger partial charge >= 0.3 is 0 Å². The van der Waals surface area contributed by atoms with E-state index < -0.39 is 0 Å². The molecule has 1 aromatic carbocycles. The zero-order chi connectivity index (χ0) is 16.8. The van der Waals surface area contributed by atoms with Gasteiger partial charge in [0.2, 0.25) is 0 Å². The number of benzene rings is 1. The molecule has 2 N–H and O–H groups in total. The molecule has 6 heteroatoms. The Balaban J connectivity index is 2.06. The van der Waals surface area contributed by atoms with Gasteiger partial charge in [0.25, 0.3) is 5.56 Å². The van der Waals surface area contributed by atoms with E-state index in [1.807, 2.05) is 22.8 Å². The lowest BCUT2D eigenvalue weighted by molar-refractivity contribution is 0.273. The van der Waals surface area contributed by atoms with Crippen molar-refractivity contribution in [1.29, 1.82) is 0 Å². The van der Waals surface area contributed by atoms with Gasteiger partial charge in [0.1, 0.15) is 16.7 Å². The Kier molecular flexibility index (Phi) is 3.85. The number of aromatic nitrogens is 2. The normalized spacial score (nSPS) is 21.6. The molecular formula is C18H20ClN3O2. The number of hydrogen-bond donors (Lipinski definition) is 1. The van der Waals surface area contributed by atoms with Crippen LogP contribution in [0.25, 0.3) is 21.8 Å². The molecule has 5 nitrogen and oxygen atoms in total. The molecule has 4 rings (SSSR count). The first-order valence-electron chi connectivity index (χ1n) is 8.40. The molecule has 0 saturated heterocycles. The number of nitrogens with zero attached hydrogens (tertiary/aromatic N) is 2. The van der Waals surface area contributed by atoms with Gasteiger partial charge in [0.05, 0.1) is 10.5 Å². The van der Waals surface area contributed by atoms with Crippen LogP contribution in [-0.4, -0.2) is 16.3 Å². The van der Waals surface area contributed by atoms with Crippen LogP contribution in [0, 0.1) is 12.8 Å². The second kappa shape index (κ2) is 5.90. The summed E-state index contributed by atoms with van der Waals surface area (Å²) in [6, 6.07) is 5.78. The lowest BCUT2D eigenvalue weighted by Gasteiger charge is -2.30. The molecular weight excluding hydrogens is 326 g/mol. The third-order valence-corrected chi connectivity index (χ3v) is 5.55. The molecule has 1 aliphatic carbocycles. The van der Waals surface area contributed by atoms with Crippen molar-refractivity contribution in [2.45, 2.75) is 38.6 Å². The SMILES string of the molecule is Cc1onc2c1c(=O)n([C@@H]1CCC[C@H](CN)C1)c1cccc(Cl)c21. The molecule has 0 amide bonds. The molecule has 0 spiro atoms. The minimum absolute atomic E-state index is 0.0406. The largest absolute Gasteiger partial charge is 0.360 e. The molecule has 1 saturated carbocycles. The van der Waals surface area contributed by atoms with Crippen LogP contribution >= 0.6 is 11.6 Å². The Labute approximate surface area is 144 Å². The van der Waals surface area contributed by atoms with E-state index in [1.165, 1.54) is 0 Å². The third-order valence-electron chi connectivity index (χ3n) is 5.24. The predicted molar refractivity (Wildman–Crippen MR) is 95.6 cm³/mol. The van der Waals surface area contributed by atoms with E-state index in [4.69, 9.17) is 21.9 Å². The summed E-state index contributed by atoms with van der Waals surface area (Å²) in [5, 5.41) is 6.01. The summed E-state index contributed by atoms with van der Waals surface area (Å²) in [7, 11) is 0. The van der Waals surface area contributed by atoms with Gasteiger partial charge in [-0.25, -0.2) is 0 Å². The fourth-order valence-electron chi connectivity index (χ4n) is 4.05. The van der Waals surface area contributed by atoms with Crippen LogP contribution in [0.1, 0.15) is 37.5 Å². The maximum absolute atomic E-state index is 13.2. The lowest BCUT2D eigenvalue weighted by Crippen LogP contribution is -2.31. The molecule has 0 radical (unpaired) electrons. The van der Waals surface area contributed by atoms with E-state index in [-0.39, 0.29) is 11.6 Å². The summed E-state index contributed by atoms with van der Waals surface area (Å²) in [6.45, 7) is 2.44. The highest BCUT2D eigenvalue weighted by Gasteiger charge is 2.27. The van der Waals surface area contributed by atoms with Crippen molar-refractivity contribution in [2.24, 2.45) is 11.7 Å². The Morgan fingerprint density at radius 1 is 1.38 bits per heavy atom. The first-order chi connectivity index (χ1) is 11.6. The quantitative estimate of drug-likeness (QED) is 0.766. The van der Waals surface area contributed by atoms with Crippen LogP contribution in [0.2, 0.25) is 5.02 Å². The van der Waals surface area contributed by atoms with Crippen molar-refractivity contribution in [1.82, 2.24) is 9.72 Å². The lowest BCUT2D eigenvalue weighted by atomic mass is 9.85. The second-order valence-corrected chi connectivity index (χ2v) is 7.10. The molecule has 0 bridgehead atoms. The Morgan fingerprint density at radius 3 is 3.00 bits per heavy atom. The minimum atomic E-state index is -0.0406. The molecule has 0 unspecified atom stereocenters. The summed E-state index contributed by atoms with van der Waals surface area (Å²) in [5.74, 6) is 1.00. The zero-order valence-corrected chi connectivity index (χ0v) is 14.3. The number of halogens is 1. The van der Waals surface area contributed by atoms with Gasteiger partial charge in [-0.1, -0.05) is 29.2 Å². The Hall–Kier alpha value is -1.85. The second-order valence-electron chi connectivity index (χ2n) is 6.69. The Morgan fingerprint density at radius 2 is 2.21 bits per heavy atom. The maximum Gasteiger partial charge on any atom is 0.264 e. The van der Waals surface area contributed by atoms with E-state index >= 15 is 0 Å². The first-order valence-corrected chi connectivity index (χ1v) is 8.78. The molecule has 24 heavy (non-hydrogen) atoms. The summed E-state index contributed by atoms with van der Waals surface area (Å²) >= 11 is 6.45. The van der Waals surface area contributed by atoms with Crippen molar-refractivity contribution in [2.75, 3.05) is 6.54 Å². The smallest absolute Gasteiger partial charge is 0.264 e. The molecule has 1 fully saturated rings. The molecule has 0 aliphatic heterocycles. The highest BCUT2D eigenvalue weighted by Crippen LogP contribution is 2.36. The van der Waals surface area contributed by atoms with Crippen molar-refractivity contribution >= 4 is 33.4 Å². The van der Waals surface area contributed by atoms with Gasteiger partial charge in [-0.2, -0.15) is 0 Å². The average molecular weight is 346 g/mol. The average Bonchev–Trinajstić information content (AvgIpc) is 2.97. The monoisotopic (exact) mass is 345 g/mol. The minimum Gasteiger partial charge on any atom is -0.360 e. The molecule has 2 aromatic heterocycles. The molecule has 1 aliphatic rings. The fourth-order valence-corrected chi connectivity index (χ4v) is 4.31. The van der Waals surface area contributed by atoms with Gasteiger partial charge in [0.15, 0.2) is 0 Å². The molecule has 2 heterocycles. The van der Waals surface area contributed by atoms with E-state index in [0.29, 0.717) is 34.1 Å². The summed E-state index contributed by atoms with van der Waals surface area (Å²) < 4.78 is 7.20. The van der Waals surface area contributed by atoms with Crippen LogP contribution in [0.3, 0.4) is 0 Å². The van der Waals surface area contributed by atoms with Crippen LogP contribution in [0.15, 0.2) is 27.5 Å². The summed E-state index contributed by atoms with van der Waals surface area (Å²) in [6.07, 6.45) is 4.12. The molecule has 126 valence electrons. The van der Waals surface area contributed by atoms with Gasteiger partial charge in [-0.05, 0) is 50.8 Å². The molecule has 2 atom stereocenters. The van der Waals surface area contributed by atoms with E-state index in [0.717, 1.165) is 36.6 Å². The van der Waals surface area contributed by atoms with Gasteiger partial charge in [-0.3, -0.25) is 4.79 Å². The highest BCUT2D eigenvalue weighted by atomic mass is 35.5. The fraction of sp³-hybridized carbons (Fsp3) is 0.444. The topological polar surface area (TPSA) is 74.0 Å². The van der Waals surface area contributed by atoms with Gasteiger partial charge in [-0.15, -0.1) is 0 Å². The van der Waals surface area contributed by atoms with Crippen LogP contribution in [0.4, 0.5) is 0 Å². The number of nitrogens with two attached hydrogens (primary N) is 1. The Bertz CT molecular complexity index is 976. The summed E-state index contributed by atoms with van der Waals surface area (Å²) in [5.41, 5.74) is 7.23. The number of rotatable bonds is 2. The highest BCUT2D eigenvalue weighted by molar-refractivity contribution is 6.37. The van der Waals surface area contributed by atoms with Gasteiger partial charge in [0, 0.05) is 11.4 Å². The third kappa shape index (κ3) is 2.26. The summed E-state index contributed by atoms with van der Waals surface area (Å²) in [4.78, 5) is 13.2. The number of aryl methyl sites for hydroxylation is 1. The van der Waals surface area contributed by atoms with Crippen molar-refractivity contribution in [3.05, 3.63) is 39.3 Å². The maximum atomic E-state index is 13.2. The zero-order valence-electron chi connectivity index (χ0n) is 13.6. The molecule has 3 aromatic rings. The number of fused-ring (bicyclic) bond motifs is 3. The van der Waals surface area contributed by atoms with Crippen LogP contribution < -0.4 is 11.3 Å². The van der Waals surface area contributed by atoms with Crippen molar-refractivity contribution in [3.63, 3.8) is 0 Å². The van der Waals surface area contributed by atoms with E-state index in [2.05, 4.69) is 5.16 Å². The number of pyridine rings is 1. The van der Waals surface area contributed by atoms with Crippen molar-refractivity contribution in [3.8, 4) is 0 Å². The van der Waals surface area contributed by atoms with Crippen molar-refractivity contribution < 1.29 is 4.52 Å². The first kappa shape index (κ1) is 15.7. The standard InChI is InChI=1S/C18H20ClN3O2/c1-10-15-17(21-24-10)16-13(19)6-3-7-14(16)22(18(15)23)12-5-2-4-11(8-12)9-20/h3,6-7,11-12H,2,4-5,8-9,20H2,1H3/t11-,12+/m0/s1. The van der Waals surface area contributed by atoms with Crippen LogP contribution in [-0.2, 0) is 0 Å². The van der Waals surface area contributed by atoms with E-state index in [1.54, 1.807) is 6.92 Å². The number of hydrogen-bond acceptors (Lipinski definition) is 4.